The molecule has 0 aromatic carbocycles. The summed E-state index contributed by atoms with van der Waals surface area (Å²) in [5.74, 6) is -0.240. The number of hydrogen-bond donors (Lipinski definition) is 1. The summed E-state index contributed by atoms with van der Waals surface area (Å²) in [6, 6.07) is 3.81. The van der Waals surface area contributed by atoms with E-state index in [1.807, 2.05) is 23.8 Å². The van der Waals surface area contributed by atoms with Crippen LogP contribution in [0.25, 0.3) is 6.08 Å². The Morgan fingerprint density at radius 1 is 1.53 bits per heavy atom. The van der Waals surface area contributed by atoms with E-state index in [9.17, 15) is 4.79 Å². The molecular formula is C11H8N4OS3. The number of rotatable bonds is 1. The van der Waals surface area contributed by atoms with E-state index in [-0.39, 0.29) is 11.7 Å². The average Bonchev–Trinajstić information content (AvgIpc) is 3.02. The molecule has 0 bridgehead atoms. The fourth-order valence-corrected chi connectivity index (χ4v) is 3.76. The number of thioether (sulfide) groups is 1. The number of nitrogens with one attached hydrogen (secondary N) is 1. The molecule has 1 aromatic heterocycles. The van der Waals surface area contributed by atoms with E-state index in [1.54, 1.807) is 11.0 Å². The summed E-state index contributed by atoms with van der Waals surface area (Å²) < 4.78 is 4.19. The molecule has 3 rings (SSSR count). The Morgan fingerprint density at radius 3 is 3.05 bits per heavy atom. The fraction of sp³-hybridized carbons (Fsp3) is 0.0909. The molecule has 0 atom stereocenters. The maximum absolute atomic E-state index is 12.0. The summed E-state index contributed by atoms with van der Waals surface area (Å²) in [6.07, 6.45) is 3.59. The van der Waals surface area contributed by atoms with Crippen molar-refractivity contribution in [3.63, 3.8) is 0 Å². The molecule has 8 heteroatoms. The van der Waals surface area contributed by atoms with Gasteiger partial charge in [-0.25, -0.2) is 4.90 Å². The minimum atomic E-state index is -0.380. The number of amidine groups is 3. The highest BCUT2D eigenvalue weighted by Gasteiger charge is 2.36. The van der Waals surface area contributed by atoms with Gasteiger partial charge in [-0.05, 0) is 23.8 Å². The Morgan fingerprint density at radius 2 is 2.37 bits per heavy atom. The van der Waals surface area contributed by atoms with Crippen molar-refractivity contribution in [2.75, 3.05) is 6.26 Å². The third kappa shape index (κ3) is 2.15. The van der Waals surface area contributed by atoms with Crippen LogP contribution in [0.4, 0.5) is 0 Å². The normalized spacial score (nSPS) is 20.7. The first kappa shape index (κ1) is 12.6. The van der Waals surface area contributed by atoms with Crippen LogP contribution in [0.15, 0.2) is 32.5 Å². The van der Waals surface area contributed by atoms with Crippen LogP contribution in [0.5, 0.6) is 0 Å². The molecule has 1 aromatic rings. The van der Waals surface area contributed by atoms with Gasteiger partial charge in [-0.2, -0.15) is 9.39 Å². The number of carbonyl (C=O) groups is 1. The van der Waals surface area contributed by atoms with Gasteiger partial charge in [0.1, 0.15) is 5.84 Å². The first-order valence-electron chi connectivity index (χ1n) is 5.27. The van der Waals surface area contributed by atoms with Gasteiger partial charge in [0.25, 0.3) is 5.91 Å². The summed E-state index contributed by atoms with van der Waals surface area (Å²) in [5.41, 5.74) is 0.301. The third-order valence-corrected chi connectivity index (χ3v) is 4.78. The summed E-state index contributed by atoms with van der Waals surface area (Å²) in [5, 5.41) is 11.3. The van der Waals surface area contributed by atoms with E-state index >= 15 is 0 Å². The zero-order valence-corrected chi connectivity index (χ0v) is 12.2. The predicted molar refractivity (Wildman–Crippen MR) is 82.8 cm³/mol. The molecule has 19 heavy (non-hydrogen) atoms. The summed E-state index contributed by atoms with van der Waals surface area (Å²) in [6.45, 7) is 0. The number of nitrogens with zero attached hydrogens (tertiary/aromatic N) is 3. The van der Waals surface area contributed by atoms with Crippen molar-refractivity contribution >= 4 is 63.2 Å². The quantitative estimate of drug-likeness (QED) is 0.640. The first-order valence-corrected chi connectivity index (χ1v) is 8.15. The number of carbonyl (C=O) groups excluding carboxylic acids is 1. The van der Waals surface area contributed by atoms with Crippen molar-refractivity contribution in [2.45, 2.75) is 0 Å². The lowest BCUT2D eigenvalue weighted by atomic mass is 10.1. The predicted octanol–water partition coefficient (Wildman–Crippen LogP) is 2.69. The third-order valence-electron chi connectivity index (χ3n) is 2.51. The molecule has 0 fully saturated rings. The minimum absolute atomic E-state index is 0.140. The minimum Gasteiger partial charge on any atom is -0.283 e. The molecule has 3 heterocycles. The highest BCUT2D eigenvalue weighted by Crippen LogP contribution is 2.31. The molecule has 5 nitrogen and oxygen atoms in total. The number of hydrogen-bond acceptors (Lipinski definition) is 6. The Hall–Kier alpha value is -1.38. The van der Waals surface area contributed by atoms with Gasteiger partial charge >= 0.3 is 0 Å². The SMILES string of the molecule is CSC1=NSC2=NC(=O)C(=Cc3cccs3)C(=N)N12. The largest absolute Gasteiger partial charge is 0.283 e. The van der Waals surface area contributed by atoms with Crippen LogP contribution in [-0.4, -0.2) is 33.2 Å². The van der Waals surface area contributed by atoms with Crippen LogP contribution >= 0.6 is 35.0 Å². The standard InChI is InChI=1S/C11H8N4OS3/c1-17-11-14-19-10-13-9(16)7(8(12)15(10)11)5-6-3-2-4-18-6/h2-5,12H,1H3. The second-order valence-corrected chi connectivity index (χ2v) is 6.11. The molecule has 0 radical (unpaired) electrons. The van der Waals surface area contributed by atoms with Crippen molar-refractivity contribution < 1.29 is 4.79 Å². The molecule has 0 unspecified atom stereocenters. The molecule has 0 aliphatic carbocycles. The highest BCUT2D eigenvalue weighted by molar-refractivity contribution is 8.18. The van der Waals surface area contributed by atoms with E-state index in [0.29, 0.717) is 15.9 Å². The Bertz CT molecular complexity index is 645. The van der Waals surface area contributed by atoms with Crippen molar-refractivity contribution in [3.8, 4) is 0 Å². The van der Waals surface area contributed by atoms with Crippen LogP contribution in [0, 0.1) is 5.41 Å². The fourth-order valence-electron chi connectivity index (χ4n) is 1.65. The van der Waals surface area contributed by atoms with E-state index in [1.165, 1.54) is 23.1 Å². The van der Waals surface area contributed by atoms with E-state index in [0.717, 1.165) is 16.8 Å². The second kappa shape index (κ2) is 4.95. The van der Waals surface area contributed by atoms with Crippen molar-refractivity contribution in [1.82, 2.24) is 4.90 Å². The van der Waals surface area contributed by atoms with Gasteiger partial charge in [0, 0.05) is 4.88 Å². The lowest BCUT2D eigenvalue weighted by Gasteiger charge is -2.23. The number of fused-ring (bicyclic) bond motifs is 1. The molecular weight excluding hydrogens is 300 g/mol. The zero-order chi connectivity index (χ0) is 13.4. The Balaban J connectivity index is 2.03. The van der Waals surface area contributed by atoms with Crippen LogP contribution in [0.3, 0.4) is 0 Å². The van der Waals surface area contributed by atoms with Crippen LogP contribution in [0.1, 0.15) is 4.88 Å². The maximum atomic E-state index is 12.0. The van der Waals surface area contributed by atoms with Gasteiger partial charge < -0.3 is 0 Å². The van der Waals surface area contributed by atoms with Crippen molar-refractivity contribution in [3.05, 3.63) is 28.0 Å². The Labute approximate surface area is 122 Å². The van der Waals surface area contributed by atoms with Crippen LogP contribution in [-0.2, 0) is 4.79 Å². The monoisotopic (exact) mass is 308 g/mol. The summed E-state index contributed by atoms with van der Waals surface area (Å²) in [7, 11) is 0. The summed E-state index contributed by atoms with van der Waals surface area (Å²) >= 11 is 4.08. The van der Waals surface area contributed by atoms with E-state index < -0.39 is 0 Å². The van der Waals surface area contributed by atoms with E-state index in [2.05, 4.69) is 9.39 Å². The van der Waals surface area contributed by atoms with Crippen LogP contribution < -0.4 is 0 Å². The van der Waals surface area contributed by atoms with Gasteiger partial charge in [-0.3, -0.25) is 10.2 Å². The lowest BCUT2D eigenvalue weighted by Crippen LogP contribution is -2.41. The molecule has 0 saturated heterocycles. The van der Waals surface area contributed by atoms with Crippen molar-refractivity contribution in [2.24, 2.45) is 9.39 Å². The zero-order valence-electron chi connectivity index (χ0n) is 9.78. The molecule has 0 spiro atoms. The number of thiophene rings is 1. The van der Waals surface area contributed by atoms with Gasteiger partial charge in [-0.15, -0.1) is 11.3 Å². The van der Waals surface area contributed by atoms with Gasteiger partial charge in [0.2, 0.25) is 5.17 Å². The Kier molecular flexibility index (Phi) is 3.29. The molecule has 2 aliphatic rings. The van der Waals surface area contributed by atoms with Gasteiger partial charge in [-0.1, -0.05) is 17.8 Å². The first-order chi connectivity index (χ1) is 9.20. The van der Waals surface area contributed by atoms with Gasteiger partial charge in [0.05, 0.1) is 17.5 Å². The maximum Gasteiger partial charge on any atom is 0.283 e. The van der Waals surface area contributed by atoms with Crippen LogP contribution in [0.2, 0.25) is 0 Å². The molecule has 96 valence electrons. The average molecular weight is 308 g/mol. The second-order valence-electron chi connectivity index (χ2n) is 3.63. The molecule has 1 N–H and O–H groups in total. The highest BCUT2D eigenvalue weighted by atomic mass is 32.2. The summed E-state index contributed by atoms with van der Waals surface area (Å²) in [4.78, 5) is 18.5. The molecule has 2 aliphatic heterocycles. The lowest BCUT2D eigenvalue weighted by molar-refractivity contribution is -0.114. The van der Waals surface area contributed by atoms with E-state index in [4.69, 9.17) is 5.41 Å². The van der Waals surface area contributed by atoms with Gasteiger partial charge in [0.15, 0.2) is 5.17 Å². The molecule has 1 amide bonds. The smallest absolute Gasteiger partial charge is 0.283 e. The topological polar surface area (TPSA) is 68.9 Å². The van der Waals surface area contributed by atoms with Crippen molar-refractivity contribution in [1.29, 1.82) is 5.41 Å². The number of amides is 1. The molecule has 0 saturated carbocycles. The number of aliphatic imine (C=N–C) groups is 1.